The Kier molecular flexibility index (Phi) is 7.63. The molecule has 2 N–H and O–H groups in total. The van der Waals surface area contributed by atoms with Crippen LogP contribution in [0.15, 0.2) is 57.9 Å². The predicted molar refractivity (Wildman–Crippen MR) is 106 cm³/mol. The van der Waals surface area contributed by atoms with Crippen molar-refractivity contribution < 1.29 is 17.6 Å². The first-order chi connectivity index (χ1) is 12.3. The third kappa shape index (κ3) is 5.80. The molecule has 0 aliphatic rings. The van der Waals surface area contributed by atoms with E-state index in [0.717, 1.165) is 0 Å². The van der Waals surface area contributed by atoms with E-state index >= 15 is 0 Å². The van der Waals surface area contributed by atoms with Crippen LogP contribution in [0.5, 0.6) is 0 Å². The molecule has 0 bridgehead atoms. The largest absolute Gasteiger partial charge is 0.322 e. The molecule has 0 spiro atoms. The molecule has 0 saturated heterocycles. The van der Waals surface area contributed by atoms with Gasteiger partial charge in [-0.3, -0.25) is 4.79 Å². The number of halogens is 2. The minimum absolute atomic E-state index is 0.00809. The third-order valence-corrected chi connectivity index (χ3v) is 6.09. The normalized spacial score (nSPS) is 12.6. The van der Waals surface area contributed by atoms with E-state index < -0.39 is 27.8 Å². The number of hydrogen-bond acceptors (Lipinski definition) is 4. The van der Waals surface area contributed by atoms with E-state index in [1.165, 1.54) is 36.0 Å². The molecule has 1 atom stereocenters. The Morgan fingerprint density at radius 1 is 1.23 bits per heavy atom. The van der Waals surface area contributed by atoms with Crippen LogP contribution >= 0.6 is 27.7 Å². The summed E-state index contributed by atoms with van der Waals surface area (Å²) in [6, 6.07) is 11.0. The molecule has 0 aliphatic carbocycles. The fourth-order valence-corrected chi connectivity index (χ4v) is 4.20. The smallest absolute Gasteiger partial charge is 0.242 e. The van der Waals surface area contributed by atoms with Crippen molar-refractivity contribution in [2.75, 3.05) is 17.3 Å². The zero-order valence-electron chi connectivity index (χ0n) is 13.9. The summed E-state index contributed by atoms with van der Waals surface area (Å²) in [4.78, 5) is 12.6. The summed E-state index contributed by atoms with van der Waals surface area (Å²) in [6.07, 6.45) is 2.13. The predicted octanol–water partition coefficient (Wildman–Crippen LogP) is 3.63. The highest BCUT2D eigenvalue weighted by Gasteiger charge is 2.26. The molecule has 140 valence electrons. The number of rotatable bonds is 8. The molecular formula is C17H18BrFN2O3S2. The highest BCUT2D eigenvalue weighted by atomic mass is 79.9. The van der Waals surface area contributed by atoms with Crippen LogP contribution in [0.3, 0.4) is 0 Å². The van der Waals surface area contributed by atoms with Gasteiger partial charge in [-0.1, -0.05) is 34.1 Å². The summed E-state index contributed by atoms with van der Waals surface area (Å²) in [5.74, 6) is -0.653. The van der Waals surface area contributed by atoms with Crippen LogP contribution in [-0.2, 0) is 14.8 Å². The molecule has 0 aliphatic heterocycles. The Hall–Kier alpha value is -1.42. The lowest BCUT2D eigenvalue weighted by molar-refractivity contribution is -0.117. The number of hydrogen-bond donors (Lipinski definition) is 2. The van der Waals surface area contributed by atoms with Crippen molar-refractivity contribution in [3.63, 3.8) is 0 Å². The monoisotopic (exact) mass is 460 g/mol. The van der Waals surface area contributed by atoms with Crippen molar-refractivity contribution >= 4 is 49.3 Å². The van der Waals surface area contributed by atoms with Crippen molar-refractivity contribution in [2.24, 2.45) is 0 Å². The zero-order valence-corrected chi connectivity index (χ0v) is 17.1. The molecule has 0 saturated carbocycles. The summed E-state index contributed by atoms with van der Waals surface area (Å²) >= 11 is 4.63. The molecule has 2 rings (SSSR count). The highest BCUT2D eigenvalue weighted by Crippen LogP contribution is 2.20. The molecule has 0 radical (unpaired) electrons. The molecule has 9 heteroatoms. The Bertz CT molecular complexity index is 864. The Balaban J connectivity index is 2.19. The fraction of sp³-hybridized carbons (Fsp3) is 0.235. The first-order valence-corrected chi connectivity index (χ1v) is 11.3. The van der Waals surface area contributed by atoms with Crippen molar-refractivity contribution in [3.05, 3.63) is 58.8 Å². The van der Waals surface area contributed by atoms with Gasteiger partial charge < -0.3 is 5.32 Å². The molecular weight excluding hydrogens is 443 g/mol. The molecule has 5 nitrogen and oxygen atoms in total. The Morgan fingerprint density at radius 3 is 2.54 bits per heavy atom. The number of benzene rings is 2. The SMILES string of the molecule is CSCCC(NS(=O)(=O)c1ccccc1)C(=O)Nc1ccc(Br)cc1F. The van der Waals surface area contributed by atoms with Gasteiger partial charge in [-0.25, -0.2) is 12.8 Å². The van der Waals surface area contributed by atoms with E-state index in [-0.39, 0.29) is 17.0 Å². The molecule has 1 amide bonds. The van der Waals surface area contributed by atoms with E-state index in [1.54, 1.807) is 24.3 Å². The van der Waals surface area contributed by atoms with Gasteiger partial charge in [0.05, 0.1) is 10.6 Å². The van der Waals surface area contributed by atoms with E-state index in [9.17, 15) is 17.6 Å². The standard InChI is InChI=1S/C17H18BrFN2O3S2/c1-25-10-9-16(21-26(23,24)13-5-3-2-4-6-13)17(22)20-15-8-7-12(18)11-14(15)19/h2-8,11,16,21H,9-10H2,1H3,(H,20,22). The van der Waals surface area contributed by atoms with Crippen molar-refractivity contribution in [2.45, 2.75) is 17.4 Å². The highest BCUT2D eigenvalue weighted by molar-refractivity contribution is 9.10. The van der Waals surface area contributed by atoms with Crippen LogP contribution < -0.4 is 10.0 Å². The van der Waals surface area contributed by atoms with Crippen molar-refractivity contribution in [1.29, 1.82) is 0 Å². The number of thioether (sulfide) groups is 1. The van der Waals surface area contributed by atoms with Gasteiger partial charge in [0, 0.05) is 4.47 Å². The first kappa shape index (κ1) is 20.9. The number of carbonyl (C=O) groups is 1. The minimum Gasteiger partial charge on any atom is -0.322 e. The number of amides is 1. The summed E-state index contributed by atoms with van der Waals surface area (Å²) < 4.78 is 41.9. The number of nitrogens with one attached hydrogen (secondary N) is 2. The molecule has 1 unspecified atom stereocenters. The maximum Gasteiger partial charge on any atom is 0.242 e. The third-order valence-electron chi connectivity index (χ3n) is 3.47. The zero-order chi connectivity index (χ0) is 19.2. The second-order valence-electron chi connectivity index (χ2n) is 5.38. The van der Waals surface area contributed by atoms with E-state index in [4.69, 9.17) is 0 Å². The van der Waals surface area contributed by atoms with Gasteiger partial charge in [0.2, 0.25) is 15.9 Å². The molecule has 2 aromatic rings. The lowest BCUT2D eigenvalue weighted by Crippen LogP contribution is -2.44. The molecule has 26 heavy (non-hydrogen) atoms. The van der Waals surface area contributed by atoms with Crippen LogP contribution in [0.1, 0.15) is 6.42 Å². The second kappa shape index (κ2) is 9.50. The van der Waals surface area contributed by atoms with E-state index in [1.807, 2.05) is 6.26 Å². The average molecular weight is 461 g/mol. The van der Waals surface area contributed by atoms with Gasteiger partial charge in [-0.15, -0.1) is 0 Å². The topological polar surface area (TPSA) is 75.3 Å². The Labute approximate surface area is 164 Å². The van der Waals surface area contributed by atoms with Crippen molar-refractivity contribution in [3.8, 4) is 0 Å². The summed E-state index contributed by atoms with van der Waals surface area (Å²) in [5, 5.41) is 2.45. The summed E-state index contributed by atoms with van der Waals surface area (Å²) in [7, 11) is -3.87. The maximum absolute atomic E-state index is 13.9. The van der Waals surface area contributed by atoms with Gasteiger partial charge in [0.1, 0.15) is 11.9 Å². The molecule has 2 aromatic carbocycles. The first-order valence-electron chi connectivity index (χ1n) is 7.65. The summed E-state index contributed by atoms with van der Waals surface area (Å²) in [5.41, 5.74) is -0.00809. The van der Waals surface area contributed by atoms with Crippen LogP contribution in [0.4, 0.5) is 10.1 Å². The Morgan fingerprint density at radius 2 is 1.92 bits per heavy atom. The van der Waals surface area contributed by atoms with Gasteiger partial charge in [-0.2, -0.15) is 16.5 Å². The average Bonchev–Trinajstić information content (AvgIpc) is 2.61. The van der Waals surface area contributed by atoms with Gasteiger partial charge in [0.25, 0.3) is 0 Å². The van der Waals surface area contributed by atoms with Crippen LogP contribution in [0.2, 0.25) is 0 Å². The van der Waals surface area contributed by atoms with E-state index in [2.05, 4.69) is 26.0 Å². The fourth-order valence-electron chi connectivity index (χ4n) is 2.14. The van der Waals surface area contributed by atoms with Gasteiger partial charge in [-0.05, 0) is 48.8 Å². The van der Waals surface area contributed by atoms with Crippen LogP contribution in [-0.4, -0.2) is 32.4 Å². The van der Waals surface area contributed by atoms with Crippen LogP contribution in [0.25, 0.3) is 0 Å². The van der Waals surface area contributed by atoms with Crippen molar-refractivity contribution in [1.82, 2.24) is 4.72 Å². The quantitative estimate of drug-likeness (QED) is 0.630. The van der Waals surface area contributed by atoms with Crippen LogP contribution in [0, 0.1) is 5.82 Å². The number of carbonyl (C=O) groups excluding carboxylic acids is 1. The second-order valence-corrected chi connectivity index (χ2v) is 9.00. The lowest BCUT2D eigenvalue weighted by Gasteiger charge is -2.18. The van der Waals surface area contributed by atoms with Gasteiger partial charge in [0.15, 0.2) is 0 Å². The summed E-state index contributed by atoms with van der Waals surface area (Å²) in [6.45, 7) is 0. The number of sulfonamides is 1. The number of anilines is 1. The van der Waals surface area contributed by atoms with Gasteiger partial charge >= 0.3 is 0 Å². The van der Waals surface area contributed by atoms with E-state index in [0.29, 0.717) is 10.2 Å². The molecule has 0 fully saturated rings. The maximum atomic E-state index is 13.9. The molecule has 0 heterocycles. The minimum atomic E-state index is -3.87. The lowest BCUT2D eigenvalue weighted by atomic mass is 10.2. The molecule has 0 aromatic heterocycles.